The van der Waals surface area contributed by atoms with Gasteiger partial charge in [-0.05, 0) is 0 Å². The summed E-state index contributed by atoms with van der Waals surface area (Å²) in [5.74, 6) is 1.07. The summed E-state index contributed by atoms with van der Waals surface area (Å²) in [6.45, 7) is 4.64. The number of unbranched alkanes of at least 4 members (excludes halogenated alkanes) is 3. The third kappa shape index (κ3) is 8.11. The minimum Gasteiger partial charge on any atom is -0.301 e. The van der Waals surface area contributed by atoms with E-state index in [-0.39, 0.29) is 16.5 Å². The van der Waals surface area contributed by atoms with Gasteiger partial charge in [0.2, 0.25) is 0 Å². The maximum Gasteiger partial charge on any atom is 0.464 e. The van der Waals surface area contributed by atoms with Crippen LogP contribution >= 0.6 is 18.9 Å². The van der Waals surface area contributed by atoms with Crippen molar-refractivity contribution in [3.8, 4) is 0 Å². The van der Waals surface area contributed by atoms with Gasteiger partial charge in [0.05, 0.1) is 0 Å². The lowest BCUT2D eigenvalue weighted by Gasteiger charge is -2.12. The molecule has 0 saturated heterocycles. The summed E-state index contributed by atoms with van der Waals surface area (Å²) >= 11 is 2.92. The molecule has 0 aliphatic rings. The van der Waals surface area contributed by atoms with Crippen LogP contribution in [0, 0.1) is 5.92 Å². The molecule has 0 aliphatic heterocycles. The van der Waals surface area contributed by atoms with Crippen molar-refractivity contribution in [1.82, 2.24) is 0 Å². The summed E-state index contributed by atoms with van der Waals surface area (Å²) in [6.07, 6.45) is 8.69. The molecule has 0 fully saturated rings. The molecular weight excluding hydrogens is 271 g/mol. The minimum atomic E-state index is 0.286. The van der Waals surface area contributed by atoms with Gasteiger partial charge in [-0.15, -0.1) is 4.55 Å². The first-order valence-electron chi connectivity index (χ1n) is 5.41. The van der Waals surface area contributed by atoms with Crippen LogP contribution in [0.5, 0.6) is 0 Å². The molecule has 0 aromatic carbocycles. The van der Waals surface area contributed by atoms with Gasteiger partial charge in [0.1, 0.15) is 0 Å². The van der Waals surface area contributed by atoms with E-state index >= 15 is 0 Å². The Morgan fingerprint density at radius 1 is 1.17 bits per heavy atom. The first-order chi connectivity index (χ1) is 5.85. The first-order valence-corrected chi connectivity index (χ1v) is 11.5. The Hall–Kier alpha value is 1.50. The van der Waals surface area contributed by atoms with Crippen molar-refractivity contribution in [3.63, 3.8) is 0 Å². The molecule has 0 nitrogen and oxygen atoms in total. The van der Waals surface area contributed by atoms with E-state index in [1.165, 1.54) is 38.5 Å². The highest BCUT2D eigenvalue weighted by molar-refractivity contribution is 14.1. The molecule has 0 N–H and O–H groups in total. The van der Waals surface area contributed by atoms with Gasteiger partial charge in [-0.2, -0.15) is 0 Å². The summed E-state index contributed by atoms with van der Waals surface area (Å²) in [5.41, 5.74) is 0. The van der Waals surface area contributed by atoms with Crippen molar-refractivity contribution >= 4 is 35.3 Å². The van der Waals surface area contributed by atoms with Crippen LogP contribution in [-0.2, 0) is 0 Å². The zero-order valence-electron chi connectivity index (χ0n) is 8.61. The Balaban J connectivity index is 3.19. The number of hydrogen-bond acceptors (Lipinski definition) is 0. The molecule has 0 saturated carbocycles. The Kier molecular flexibility index (Phi) is 11.9. The summed E-state index contributed by atoms with van der Waals surface area (Å²) in [7, 11) is 0. The van der Waals surface area contributed by atoms with Crippen molar-refractivity contribution in [2.45, 2.75) is 56.9 Å². The molecule has 0 aromatic rings. The van der Waals surface area contributed by atoms with Gasteiger partial charge in [-0.25, -0.2) is 0 Å². The third-order valence-corrected chi connectivity index (χ3v) is 5.46. The molecule has 0 amide bonds. The molecular formula is C10H21IMg. The average molecular weight is 292 g/mol. The fraction of sp³-hybridized carbons (Fsp3) is 1.00. The highest BCUT2D eigenvalue weighted by Gasteiger charge is 2.05. The van der Waals surface area contributed by atoms with Crippen LogP contribution < -0.4 is 0 Å². The summed E-state index contributed by atoms with van der Waals surface area (Å²) in [5, 5.41) is 0. The van der Waals surface area contributed by atoms with E-state index in [2.05, 4.69) is 32.7 Å². The van der Waals surface area contributed by atoms with Crippen molar-refractivity contribution < 1.29 is 0 Å². The fourth-order valence-corrected chi connectivity index (χ4v) is 5.21. The van der Waals surface area contributed by atoms with Gasteiger partial charge in [0.15, 0.2) is 0 Å². The highest BCUT2D eigenvalue weighted by Crippen LogP contribution is 2.18. The molecule has 0 aliphatic carbocycles. The summed E-state index contributed by atoms with van der Waals surface area (Å²) in [6, 6.07) is 0. The molecule has 0 radical (unpaired) electrons. The van der Waals surface area contributed by atoms with Gasteiger partial charge in [0.25, 0.3) is 0 Å². The van der Waals surface area contributed by atoms with Crippen molar-refractivity contribution in [2.75, 3.05) is 0 Å². The van der Waals surface area contributed by atoms with E-state index in [1.54, 1.807) is 4.55 Å². The van der Waals surface area contributed by atoms with Crippen molar-refractivity contribution in [2.24, 2.45) is 5.92 Å². The van der Waals surface area contributed by atoms with Gasteiger partial charge < -0.3 is 18.9 Å². The second kappa shape index (κ2) is 10.6. The monoisotopic (exact) mass is 292 g/mol. The maximum absolute atomic E-state index is 2.63. The molecule has 1 atom stereocenters. The topological polar surface area (TPSA) is 0 Å². The van der Waals surface area contributed by atoms with E-state index in [1.807, 2.05) is 0 Å². The third-order valence-electron chi connectivity index (χ3n) is 2.56. The molecule has 0 bridgehead atoms. The second-order valence-corrected chi connectivity index (χ2v) is 7.79. The average Bonchev–Trinajstić information content (AvgIpc) is 2.10. The number of rotatable bonds is 8. The van der Waals surface area contributed by atoms with E-state index in [9.17, 15) is 0 Å². The van der Waals surface area contributed by atoms with Crippen LogP contribution in [0.2, 0.25) is 4.55 Å². The van der Waals surface area contributed by atoms with Crippen molar-refractivity contribution in [3.05, 3.63) is 0 Å². The van der Waals surface area contributed by atoms with Crippen LogP contribution in [-0.4, -0.2) is 16.5 Å². The highest BCUT2D eigenvalue weighted by atomic mass is 127. The molecule has 1 unspecified atom stereocenters. The number of hydrogen-bond donors (Lipinski definition) is 0. The standard InChI is InChI=1S/C10H21.HI.Mg/c1-4-6-7-8-9-10(3)5-2;;/h10H,3-9H2,1-2H3;1H;/q;;+1/p-1. The minimum absolute atomic E-state index is 0.286. The molecule has 0 aromatic heterocycles. The zero-order chi connectivity index (χ0) is 9.23. The quantitative estimate of drug-likeness (QED) is 0.352. The lowest BCUT2D eigenvalue weighted by atomic mass is 10.0. The zero-order valence-corrected chi connectivity index (χ0v) is 12.2. The van der Waals surface area contributed by atoms with Gasteiger partial charge in [-0.3, -0.25) is 0 Å². The SMILES string of the molecule is CCCCCCC(CC)[CH2][Mg][I]. The molecule has 12 heavy (non-hydrogen) atoms. The lowest BCUT2D eigenvalue weighted by molar-refractivity contribution is 0.477. The largest absolute Gasteiger partial charge is 0.464 e. The fourth-order valence-electron chi connectivity index (χ4n) is 1.57. The molecule has 0 spiro atoms. The maximum atomic E-state index is 2.63. The molecule has 0 rings (SSSR count). The Bertz CT molecular complexity index is 85.9. The first kappa shape index (κ1) is 13.5. The predicted octanol–water partition coefficient (Wildman–Crippen LogP) is 4.46. The lowest BCUT2D eigenvalue weighted by Crippen LogP contribution is -1.99. The van der Waals surface area contributed by atoms with E-state index < -0.39 is 0 Å². The predicted molar refractivity (Wildman–Crippen MR) is 67.1 cm³/mol. The second-order valence-electron chi connectivity index (χ2n) is 3.60. The van der Waals surface area contributed by atoms with E-state index in [0.717, 1.165) is 5.92 Å². The van der Waals surface area contributed by atoms with Crippen LogP contribution in [0.4, 0.5) is 0 Å². The number of halogens is 1. The Morgan fingerprint density at radius 3 is 2.42 bits per heavy atom. The normalized spacial score (nSPS) is 12.6. The van der Waals surface area contributed by atoms with Gasteiger partial charge in [0, 0.05) is 0 Å². The Morgan fingerprint density at radius 2 is 1.92 bits per heavy atom. The van der Waals surface area contributed by atoms with E-state index in [0.29, 0.717) is 0 Å². The van der Waals surface area contributed by atoms with Crippen LogP contribution in [0.3, 0.4) is 0 Å². The smallest absolute Gasteiger partial charge is 0.301 e. The molecule has 2 heteroatoms. The van der Waals surface area contributed by atoms with Crippen LogP contribution in [0.1, 0.15) is 52.4 Å². The molecule has 0 heterocycles. The van der Waals surface area contributed by atoms with Crippen LogP contribution in [0.15, 0.2) is 0 Å². The van der Waals surface area contributed by atoms with Gasteiger partial charge in [-0.1, -0.05) is 58.3 Å². The van der Waals surface area contributed by atoms with Crippen LogP contribution in [0.25, 0.3) is 0 Å². The van der Waals surface area contributed by atoms with E-state index in [4.69, 9.17) is 0 Å². The molecule has 70 valence electrons. The summed E-state index contributed by atoms with van der Waals surface area (Å²) in [4.78, 5) is 0. The van der Waals surface area contributed by atoms with Crippen molar-refractivity contribution in [1.29, 1.82) is 0 Å². The Labute approximate surface area is 97.4 Å². The van der Waals surface area contributed by atoms with Gasteiger partial charge >= 0.3 is 16.5 Å². The summed E-state index contributed by atoms with van der Waals surface area (Å²) < 4.78 is 1.57.